The van der Waals surface area contributed by atoms with Crippen LogP contribution in [-0.4, -0.2) is 32.9 Å². The van der Waals surface area contributed by atoms with Gasteiger partial charge in [0.1, 0.15) is 11.6 Å². The van der Waals surface area contributed by atoms with Crippen LogP contribution in [0, 0.1) is 0 Å². The highest BCUT2D eigenvalue weighted by Crippen LogP contribution is 2.29. The van der Waals surface area contributed by atoms with Gasteiger partial charge in [0, 0.05) is 30.9 Å². The molecule has 0 saturated carbocycles. The van der Waals surface area contributed by atoms with Crippen molar-refractivity contribution in [1.82, 2.24) is 19.9 Å². The van der Waals surface area contributed by atoms with Crippen LogP contribution in [0.4, 0.5) is 11.6 Å². The summed E-state index contributed by atoms with van der Waals surface area (Å²) in [5.74, 6) is 2.22. The van der Waals surface area contributed by atoms with Crippen LogP contribution in [-0.2, 0) is 6.54 Å². The van der Waals surface area contributed by atoms with Crippen LogP contribution >= 0.6 is 11.3 Å². The minimum Gasteiger partial charge on any atom is -0.325 e. The Kier molecular flexibility index (Phi) is 4.99. The number of nitrogens with zero attached hydrogens (tertiary/aromatic N) is 4. The van der Waals surface area contributed by atoms with Gasteiger partial charge in [0.25, 0.3) is 0 Å². The lowest BCUT2D eigenvalue weighted by atomic mass is 9.91. The van der Waals surface area contributed by atoms with Crippen molar-refractivity contribution >= 4 is 23.0 Å². The van der Waals surface area contributed by atoms with Gasteiger partial charge in [-0.3, -0.25) is 4.90 Å². The lowest BCUT2D eigenvalue weighted by molar-refractivity contribution is 0.198. The Balaban J connectivity index is 1.44. The molecule has 1 fully saturated rings. The summed E-state index contributed by atoms with van der Waals surface area (Å²) in [5, 5.41) is 5.43. The number of likely N-dealkylation sites (tertiary alicyclic amines) is 1. The molecule has 1 saturated heterocycles. The minimum absolute atomic E-state index is 0.541. The Bertz CT molecular complexity index is 791. The summed E-state index contributed by atoms with van der Waals surface area (Å²) in [6, 6.07) is 10.1. The van der Waals surface area contributed by atoms with E-state index >= 15 is 0 Å². The van der Waals surface area contributed by atoms with E-state index in [2.05, 4.69) is 42.7 Å². The smallest absolute Gasteiger partial charge is 0.131 e. The van der Waals surface area contributed by atoms with Crippen molar-refractivity contribution < 1.29 is 0 Å². The van der Waals surface area contributed by atoms with E-state index in [-0.39, 0.29) is 0 Å². The van der Waals surface area contributed by atoms with Crippen molar-refractivity contribution in [1.29, 1.82) is 0 Å². The molecular weight excluding hydrogens is 330 g/mol. The molecular formula is C19H21N5S. The van der Waals surface area contributed by atoms with Gasteiger partial charge in [-0.2, -0.15) is 0 Å². The molecule has 4 heterocycles. The zero-order valence-corrected chi connectivity index (χ0v) is 14.8. The first-order chi connectivity index (χ1) is 12.4. The molecule has 0 radical (unpaired) electrons. The highest BCUT2D eigenvalue weighted by Gasteiger charge is 2.22. The van der Waals surface area contributed by atoms with Gasteiger partial charge in [-0.05, 0) is 55.1 Å². The molecule has 0 amide bonds. The van der Waals surface area contributed by atoms with E-state index < -0.39 is 0 Å². The standard InChI is InChI=1S/C19H21N5S/c1-2-7-20-18(5-1)23-19-10-15(6-8-21-19)16-4-3-9-24(11-16)12-17-13-25-14-22-17/h1-2,5-8,10,13-14,16H,3-4,9,11-12H2,(H,20,21,23)/t16-/m0/s1. The monoisotopic (exact) mass is 351 g/mol. The fourth-order valence-electron chi connectivity index (χ4n) is 3.35. The van der Waals surface area contributed by atoms with Crippen molar-refractivity contribution in [3.05, 3.63) is 64.9 Å². The molecule has 1 aliphatic heterocycles. The van der Waals surface area contributed by atoms with Crippen LogP contribution in [0.5, 0.6) is 0 Å². The summed E-state index contributed by atoms with van der Waals surface area (Å²) < 4.78 is 0. The molecule has 0 aromatic carbocycles. The van der Waals surface area contributed by atoms with E-state index in [0.29, 0.717) is 5.92 Å². The predicted molar refractivity (Wildman–Crippen MR) is 101 cm³/mol. The Labute approximate surface area is 151 Å². The second kappa shape index (κ2) is 7.72. The van der Waals surface area contributed by atoms with Gasteiger partial charge in [0.2, 0.25) is 0 Å². The molecule has 0 unspecified atom stereocenters. The first-order valence-corrected chi connectivity index (χ1v) is 9.54. The Hall–Kier alpha value is -2.31. The molecule has 3 aromatic rings. The van der Waals surface area contributed by atoms with Crippen LogP contribution in [0.15, 0.2) is 53.6 Å². The molecule has 1 N–H and O–H groups in total. The summed E-state index contributed by atoms with van der Waals surface area (Å²) in [7, 11) is 0. The largest absolute Gasteiger partial charge is 0.325 e. The maximum atomic E-state index is 4.44. The van der Waals surface area contributed by atoms with Crippen molar-refractivity contribution in [3.63, 3.8) is 0 Å². The fraction of sp³-hybridized carbons (Fsp3) is 0.316. The molecule has 1 aliphatic rings. The van der Waals surface area contributed by atoms with Crippen molar-refractivity contribution in [2.45, 2.75) is 25.3 Å². The van der Waals surface area contributed by atoms with Crippen LogP contribution in [0.25, 0.3) is 0 Å². The maximum absolute atomic E-state index is 4.44. The third kappa shape index (κ3) is 4.21. The van der Waals surface area contributed by atoms with Crippen molar-refractivity contribution in [2.24, 2.45) is 0 Å². The number of rotatable bonds is 5. The predicted octanol–water partition coefficient (Wildman–Crippen LogP) is 4.06. The summed E-state index contributed by atoms with van der Waals surface area (Å²) in [5.41, 5.74) is 4.43. The van der Waals surface area contributed by atoms with Gasteiger partial charge < -0.3 is 5.32 Å². The molecule has 0 aliphatic carbocycles. The number of pyridine rings is 2. The Morgan fingerprint density at radius 3 is 2.92 bits per heavy atom. The third-order valence-electron chi connectivity index (χ3n) is 4.55. The second-order valence-corrected chi connectivity index (χ2v) is 7.09. The number of nitrogens with one attached hydrogen (secondary N) is 1. The van der Waals surface area contributed by atoms with E-state index in [0.717, 1.165) is 31.3 Å². The van der Waals surface area contributed by atoms with E-state index in [1.807, 2.05) is 29.9 Å². The number of hydrogen-bond donors (Lipinski definition) is 1. The molecule has 0 spiro atoms. The van der Waals surface area contributed by atoms with Gasteiger partial charge in [-0.25, -0.2) is 15.0 Å². The van der Waals surface area contributed by atoms with Crippen LogP contribution in [0.2, 0.25) is 0 Å². The molecule has 0 bridgehead atoms. The first kappa shape index (κ1) is 16.2. The maximum Gasteiger partial charge on any atom is 0.131 e. The summed E-state index contributed by atoms with van der Waals surface area (Å²) in [4.78, 5) is 15.7. The van der Waals surface area contributed by atoms with Crippen LogP contribution < -0.4 is 5.32 Å². The fourth-order valence-corrected chi connectivity index (χ4v) is 3.90. The number of hydrogen-bond acceptors (Lipinski definition) is 6. The molecule has 4 rings (SSSR count). The highest BCUT2D eigenvalue weighted by molar-refractivity contribution is 7.07. The summed E-state index contributed by atoms with van der Waals surface area (Å²) in [6.07, 6.45) is 6.12. The number of piperidine rings is 1. The molecule has 3 aromatic heterocycles. The number of aromatic nitrogens is 3. The normalized spacial score (nSPS) is 18.2. The summed E-state index contributed by atoms with van der Waals surface area (Å²) >= 11 is 1.67. The average molecular weight is 351 g/mol. The zero-order chi connectivity index (χ0) is 16.9. The van der Waals surface area contributed by atoms with Gasteiger partial charge in [0.05, 0.1) is 11.2 Å². The zero-order valence-electron chi connectivity index (χ0n) is 14.0. The van der Waals surface area contributed by atoms with Crippen LogP contribution in [0.3, 0.4) is 0 Å². The first-order valence-electron chi connectivity index (χ1n) is 8.60. The molecule has 5 nitrogen and oxygen atoms in total. The highest BCUT2D eigenvalue weighted by atomic mass is 32.1. The molecule has 6 heteroatoms. The summed E-state index contributed by atoms with van der Waals surface area (Å²) in [6.45, 7) is 3.17. The molecule has 25 heavy (non-hydrogen) atoms. The minimum atomic E-state index is 0.541. The SMILES string of the molecule is c1ccc(Nc2cc([C@H]3CCCN(Cc4cscn4)C3)ccn2)nc1. The number of thiazole rings is 1. The van der Waals surface area contributed by atoms with E-state index in [9.17, 15) is 0 Å². The lowest BCUT2D eigenvalue weighted by Crippen LogP contribution is -2.34. The van der Waals surface area contributed by atoms with Gasteiger partial charge in [-0.15, -0.1) is 11.3 Å². The molecule has 1 atom stereocenters. The number of anilines is 2. The topological polar surface area (TPSA) is 53.9 Å². The Morgan fingerprint density at radius 1 is 1.12 bits per heavy atom. The van der Waals surface area contributed by atoms with E-state index in [1.165, 1.54) is 24.1 Å². The van der Waals surface area contributed by atoms with Crippen molar-refractivity contribution in [2.75, 3.05) is 18.4 Å². The Morgan fingerprint density at radius 2 is 2.08 bits per heavy atom. The van der Waals surface area contributed by atoms with Crippen LogP contribution in [0.1, 0.15) is 30.0 Å². The average Bonchev–Trinajstić information content (AvgIpc) is 3.16. The third-order valence-corrected chi connectivity index (χ3v) is 5.19. The van der Waals surface area contributed by atoms with E-state index in [1.54, 1.807) is 17.5 Å². The van der Waals surface area contributed by atoms with Gasteiger partial charge in [-0.1, -0.05) is 6.07 Å². The van der Waals surface area contributed by atoms with Gasteiger partial charge in [0.15, 0.2) is 0 Å². The lowest BCUT2D eigenvalue weighted by Gasteiger charge is -2.32. The quantitative estimate of drug-likeness (QED) is 0.751. The van der Waals surface area contributed by atoms with Gasteiger partial charge >= 0.3 is 0 Å². The second-order valence-electron chi connectivity index (χ2n) is 6.37. The molecule has 128 valence electrons. The van der Waals surface area contributed by atoms with Crippen molar-refractivity contribution in [3.8, 4) is 0 Å². The van der Waals surface area contributed by atoms with E-state index in [4.69, 9.17) is 0 Å².